The molecule has 0 saturated carbocycles. The van der Waals surface area contributed by atoms with Crippen molar-refractivity contribution in [2.24, 2.45) is 0 Å². The lowest BCUT2D eigenvalue weighted by molar-refractivity contribution is -0.121. The van der Waals surface area contributed by atoms with Crippen molar-refractivity contribution in [3.63, 3.8) is 0 Å². The van der Waals surface area contributed by atoms with E-state index in [1.54, 1.807) is 20.8 Å². The van der Waals surface area contributed by atoms with Crippen LogP contribution in [0.1, 0.15) is 32.4 Å². The maximum Gasteiger partial charge on any atom is 0.408 e. The Hall–Kier alpha value is -2.08. The first kappa shape index (κ1) is 17.0. The highest BCUT2D eigenvalue weighted by Crippen LogP contribution is 2.11. The fourth-order valence-corrected chi connectivity index (χ4v) is 1.63. The molecule has 0 heterocycles. The molecule has 116 valence electrons. The summed E-state index contributed by atoms with van der Waals surface area (Å²) in [6, 6.07) is 8.61. The monoisotopic (exact) mass is 294 g/mol. The first-order valence-electron chi connectivity index (χ1n) is 6.74. The zero-order chi connectivity index (χ0) is 15.9. The van der Waals surface area contributed by atoms with E-state index in [9.17, 15) is 14.7 Å². The Bertz CT molecular complexity index is 468. The lowest BCUT2D eigenvalue weighted by atomic mass is 10.1. The van der Waals surface area contributed by atoms with Crippen LogP contribution in [-0.4, -0.2) is 35.9 Å². The Morgan fingerprint density at radius 1 is 1.24 bits per heavy atom. The molecule has 0 aliphatic heterocycles. The third-order valence-corrected chi connectivity index (χ3v) is 2.51. The first-order valence-corrected chi connectivity index (χ1v) is 6.74. The maximum atomic E-state index is 11.8. The highest BCUT2D eigenvalue weighted by atomic mass is 16.6. The minimum Gasteiger partial charge on any atom is -0.444 e. The van der Waals surface area contributed by atoms with Crippen molar-refractivity contribution in [1.82, 2.24) is 10.6 Å². The molecule has 0 fully saturated rings. The lowest BCUT2D eigenvalue weighted by Gasteiger charge is -2.20. The molecule has 6 nitrogen and oxygen atoms in total. The van der Waals surface area contributed by atoms with Gasteiger partial charge in [0.2, 0.25) is 5.91 Å². The number of hydrogen-bond acceptors (Lipinski definition) is 4. The largest absolute Gasteiger partial charge is 0.444 e. The zero-order valence-electron chi connectivity index (χ0n) is 12.6. The number of nitrogens with one attached hydrogen (secondary N) is 2. The van der Waals surface area contributed by atoms with Crippen molar-refractivity contribution in [3.05, 3.63) is 35.9 Å². The normalized spacial score (nSPS) is 12.4. The number of aliphatic hydroxyl groups excluding tert-OH is 1. The number of carbonyl (C=O) groups excluding carboxylic acids is 2. The summed E-state index contributed by atoms with van der Waals surface area (Å²) in [5.41, 5.74) is 0.184. The van der Waals surface area contributed by atoms with Crippen molar-refractivity contribution in [2.45, 2.75) is 32.4 Å². The Morgan fingerprint density at radius 3 is 2.38 bits per heavy atom. The molecular formula is C15H22N2O4. The Kier molecular flexibility index (Phi) is 6.17. The maximum absolute atomic E-state index is 11.8. The number of ether oxygens (including phenoxy) is 1. The van der Waals surface area contributed by atoms with E-state index in [1.807, 2.05) is 30.3 Å². The molecule has 3 N–H and O–H groups in total. The number of aliphatic hydroxyl groups is 1. The van der Waals surface area contributed by atoms with Gasteiger partial charge >= 0.3 is 6.09 Å². The second kappa shape index (κ2) is 7.64. The standard InChI is InChI=1S/C15H22N2O4/c1-15(2,3)21-14(20)16-9-13(19)17-12(10-18)11-7-5-4-6-8-11/h4-8,12,18H,9-10H2,1-3H3,(H,16,20)(H,17,19)/t12-/m1/s1. The zero-order valence-corrected chi connectivity index (χ0v) is 12.6. The summed E-state index contributed by atoms with van der Waals surface area (Å²) < 4.78 is 5.02. The van der Waals surface area contributed by atoms with Crippen LogP contribution in [0.25, 0.3) is 0 Å². The van der Waals surface area contributed by atoms with Gasteiger partial charge in [0.15, 0.2) is 0 Å². The van der Waals surface area contributed by atoms with Crippen LogP contribution in [-0.2, 0) is 9.53 Å². The molecule has 1 atom stereocenters. The van der Waals surface area contributed by atoms with E-state index >= 15 is 0 Å². The second-order valence-corrected chi connectivity index (χ2v) is 5.57. The van der Waals surface area contributed by atoms with Crippen LogP contribution in [0.2, 0.25) is 0 Å². The van der Waals surface area contributed by atoms with Crippen molar-refractivity contribution < 1.29 is 19.4 Å². The molecular weight excluding hydrogens is 272 g/mol. The fraction of sp³-hybridized carbons (Fsp3) is 0.467. The summed E-state index contributed by atoms with van der Waals surface area (Å²) in [6.07, 6.45) is -0.655. The average molecular weight is 294 g/mol. The van der Waals surface area contributed by atoms with Gasteiger partial charge in [0.25, 0.3) is 0 Å². The fourth-order valence-electron chi connectivity index (χ4n) is 1.63. The molecule has 0 bridgehead atoms. The number of rotatable bonds is 5. The van der Waals surface area contributed by atoms with Crippen molar-refractivity contribution >= 4 is 12.0 Å². The van der Waals surface area contributed by atoms with E-state index in [-0.39, 0.29) is 13.2 Å². The van der Waals surface area contributed by atoms with Crippen LogP contribution >= 0.6 is 0 Å². The van der Waals surface area contributed by atoms with Crippen molar-refractivity contribution in [1.29, 1.82) is 0 Å². The van der Waals surface area contributed by atoms with Crippen LogP contribution in [0, 0.1) is 0 Å². The van der Waals surface area contributed by atoms with E-state index in [1.165, 1.54) is 0 Å². The van der Waals surface area contributed by atoms with Crippen molar-refractivity contribution in [2.75, 3.05) is 13.2 Å². The minimum atomic E-state index is -0.655. The number of hydrogen-bond donors (Lipinski definition) is 3. The molecule has 1 aromatic rings. The van der Waals surface area contributed by atoms with Gasteiger partial charge in [-0.25, -0.2) is 4.79 Å². The number of alkyl carbamates (subject to hydrolysis) is 1. The van der Waals surface area contributed by atoms with Crippen LogP contribution < -0.4 is 10.6 Å². The number of benzene rings is 1. The Balaban J connectivity index is 2.44. The molecule has 0 aliphatic rings. The van der Waals surface area contributed by atoms with Crippen LogP contribution in [0.5, 0.6) is 0 Å². The summed E-state index contributed by atoms with van der Waals surface area (Å²) in [5.74, 6) is -0.399. The van der Waals surface area contributed by atoms with Crippen LogP contribution in [0.15, 0.2) is 30.3 Å². The summed E-state index contributed by atoms with van der Waals surface area (Å²) in [6.45, 7) is 4.79. The van der Waals surface area contributed by atoms with E-state index in [4.69, 9.17) is 4.74 Å². The summed E-state index contributed by atoms with van der Waals surface area (Å²) in [5, 5.41) is 14.3. The molecule has 2 amide bonds. The molecule has 21 heavy (non-hydrogen) atoms. The van der Waals surface area contributed by atoms with Gasteiger partial charge in [-0.1, -0.05) is 30.3 Å². The van der Waals surface area contributed by atoms with Crippen LogP contribution in [0.4, 0.5) is 4.79 Å². The predicted molar refractivity (Wildman–Crippen MR) is 78.6 cm³/mol. The molecule has 1 rings (SSSR count). The highest BCUT2D eigenvalue weighted by molar-refractivity contribution is 5.82. The molecule has 1 aromatic carbocycles. The van der Waals surface area contributed by atoms with Crippen LogP contribution in [0.3, 0.4) is 0 Å². The molecule has 0 aliphatic carbocycles. The minimum absolute atomic E-state index is 0.210. The molecule has 0 saturated heterocycles. The topological polar surface area (TPSA) is 87.7 Å². The molecule has 6 heteroatoms. The van der Waals surface area contributed by atoms with Gasteiger partial charge in [-0.3, -0.25) is 4.79 Å². The number of carbonyl (C=O) groups is 2. The second-order valence-electron chi connectivity index (χ2n) is 5.57. The van der Waals surface area contributed by atoms with Gasteiger partial charge in [-0.15, -0.1) is 0 Å². The lowest BCUT2D eigenvalue weighted by Crippen LogP contribution is -2.41. The van der Waals surface area contributed by atoms with Gasteiger partial charge in [0.1, 0.15) is 12.1 Å². The first-order chi connectivity index (χ1) is 9.81. The van der Waals surface area contributed by atoms with Crippen molar-refractivity contribution in [3.8, 4) is 0 Å². The summed E-state index contributed by atoms with van der Waals surface area (Å²) in [7, 11) is 0. The quantitative estimate of drug-likeness (QED) is 0.765. The smallest absolute Gasteiger partial charge is 0.408 e. The van der Waals surface area contributed by atoms with Gasteiger partial charge in [-0.2, -0.15) is 0 Å². The molecule has 0 aromatic heterocycles. The van der Waals surface area contributed by atoms with E-state index in [0.717, 1.165) is 5.56 Å². The van der Waals surface area contributed by atoms with E-state index < -0.39 is 23.6 Å². The average Bonchev–Trinajstić information content (AvgIpc) is 2.41. The van der Waals surface area contributed by atoms with E-state index in [2.05, 4.69) is 10.6 Å². The van der Waals surface area contributed by atoms with Gasteiger partial charge < -0.3 is 20.5 Å². The number of amides is 2. The van der Waals surface area contributed by atoms with Gasteiger partial charge in [0, 0.05) is 0 Å². The third-order valence-electron chi connectivity index (χ3n) is 2.51. The van der Waals surface area contributed by atoms with Gasteiger partial charge in [-0.05, 0) is 26.3 Å². The highest BCUT2D eigenvalue weighted by Gasteiger charge is 2.18. The van der Waals surface area contributed by atoms with E-state index in [0.29, 0.717) is 0 Å². The third kappa shape index (κ3) is 6.76. The molecule has 0 radical (unpaired) electrons. The SMILES string of the molecule is CC(C)(C)OC(=O)NCC(=O)N[C@H](CO)c1ccccc1. The Labute approximate surface area is 124 Å². The molecule has 0 unspecified atom stereocenters. The predicted octanol–water partition coefficient (Wildman–Crippen LogP) is 1.36. The Morgan fingerprint density at radius 2 is 1.86 bits per heavy atom. The summed E-state index contributed by atoms with van der Waals surface area (Å²) >= 11 is 0. The molecule has 0 spiro atoms. The summed E-state index contributed by atoms with van der Waals surface area (Å²) in [4.78, 5) is 23.2. The van der Waals surface area contributed by atoms with Gasteiger partial charge in [0.05, 0.1) is 12.6 Å².